The molecule has 0 spiro atoms. The minimum absolute atomic E-state index is 0.0705. The van der Waals surface area contributed by atoms with E-state index in [9.17, 15) is 4.39 Å². The van der Waals surface area contributed by atoms with Gasteiger partial charge in [-0.3, -0.25) is 0 Å². The molecule has 21 heavy (non-hydrogen) atoms. The van der Waals surface area contributed by atoms with E-state index in [1.54, 1.807) is 12.1 Å². The Kier molecular flexibility index (Phi) is 5.54. The quantitative estimate of drug-likeness (QED) is 0.772. The average molecular weight is 350 g/mol. The third-order valence-corrected chi connectivity index (χ3v) is 4.38. The van der Waals surface area contributed by atoms with Gasteiger partial charge in [-0.1, -0.05) is 41.1 Å². The van der Waals surface area contributed by atoms with E-state index in [4.69, 9.17) is 0 Å². The second kappa shape index (κ2) is 7.19. The number of aryl methyl sites for hydroxylation is 2. The van der Waals surface area contributed by atoms with Gasteiger partial charge in [-0.15, -0.1) is 0 Å². The van der Waals surface area contributed by atoms with Crippen molar-refractivity contribution in [1.29, 1.82) is 0 Å². The van der Waals surface area contributed by atoms with Crippen molar-refractivity contribution in [3.63, 3.8) is 0 Å². The maximum atomic E-state index is 13.6. The summed E-state index contributed by atoms with van der Waals surface area (Å²) in [7, 11) is 0. The molecule has 0 saturated carbocycles. The van der Waals surface area contributed by atoms with E-state index in [1.807, 2.05) is 32.0 Å². The standard InChI is InChI=1S/C18H21BrFN/c1-4-9-21-18(15-7-5-6-8-16(15)19)17-12(2)10-14(20)11-13(17)3/h5-8,10-11,18,21H,4,9H2,1-3H3. The fourth-order valence-electron chi connectivity index (χ4n) is 2.74. The van der Waals surface area contributed by atoms with Crippen LogP contribution in [-0.2, 0) is 0 Å². The lowest BCUT2D eigenvalue weighted by Gasteiger charge is -2.24. The Hall–Kier alpha value is -1.19. The van der Waals surface area contributed by atoms with Gasteiger partial charge in [0.1, 0.15) is 5.82 Å². The van der Waals surface area contributed by atoms with Crippen molar-refractivity contribution < 1.29 is 4.39 Å². The van der Waals surface area contributed by atoms with Crippen LogP contribution in [0.1, 0.15) is 41.6 Å². The summed E-state index contributed by atoms with van der Waals surface area (Å²) in [6, 6.07) is 11.5. The lowest BCUT2D eigenvalue weighted by atomic mass is 9.91. The lowest BCUT2D eigenvalue weighted by Crippen LogP contribution is -2.25. The maximum Gasteiger partial charge on any atom is 0.123 e. The van der Waals surface area contributed by atoms with Crippen LogP contribution in [0.15, 0.2) is 40.9 Å². The molecule has 1 unspecified atom stereocenters. The Balaban J connectivity index is 2.54. The smallest absolute Gasteiger partial charge is 0.123 e. The molecule has 1 N–H and O–H groups in total. The molecule has 2 aromatic rings. The van der Waals surface area contributed by atoms with Crippen LogP contribution in [0.25, 0.3) is 0 Å². The summed E-state index contributed by atoms with van der Waals surface area (Å²) in [6.45, 7) is 7.02. The molecule has 0 saturated heterocycles. The minimum atomic E-state index is -0.171. The predicted octanol–water partition coefficient (Wildman–Crippen LogP) is 5.29. The number of benzene rings is 2. The first-order valence-electron chi connectivity index (χ1n) is 7.29. The average Bonchev–Trinajstić information content (AvgIpc) is 2.42. The largest absolute Gasteiger partial charge is 0.306 e. The van der Waals surface area contributed by atoms with Crippen LogP contribution in [0.4, 0.5) is 4.39 Å². The number of rotatable bonds is 5. The van der Waals surface area contributed by atoms with Crippen molar-refractivity contribution in [1.82, 2.24) is 5.32 Å². The van der Waals surface area contributed by atoms with E-state index in [0.29, 0.717) is 0 Å². The predicted molar refractivity (Wildman–Crippen MR) is 90.2 cm³/mol. The van der Waals surface area contributed by atoms with Gasteiger partial charge in [-0.25, -0.2) is 4.39 Å². The molecule has 0 bridgehead atoms. The van der Waals surface area contributed by atoms with E-state index in [1.165, 1.54) is 5.56 Å². The molecule has 0 radical (unpaired) electrons. The van der Waals surface area contributed by atoms with Gasteiger partial charge in [0, 0.05) is 4.47 Å². The summed E-state index contributed by atoms with van der Waals surface area (Å²) in [6.07, 6.45) is 1.06. The summed E-state index contributed by atoms with van der Waals surface area (Å²) in [5.41, 5.74) is 4.31. The third-order valence-electron chi connectivity index (χ3n) is 3.66. The third kappa shape index (κ3) is 3.72. The summed E-state index contributed by atoms with van der Waals surface area (Å²) in [4.78, 5) is 0. The molecule has 0 amide bonds. The first kappa shape index (κ1) is 16.2. The Labute approximate surface area is 134 Å². The molecule has 1 nitrogen and oxygen atoms in total. The Morgan fingerprint density at radius 2 is 1.76 bits per heavy atom. The van der Waals surface area contributed by atoms with Gasteiger partial charge in [0.2, 0.25) is 0 Å². The molecule has 0 aliphatic rings. The Bertz CT molecular complexity index is 601. The second-order valence-corrected chi connectivity index (χ2v) is 6.22. The Morgan fingerprint density at radius 3 is 2.33 bits per heavy atom. The fraction of sp³-hybridized carbons (Fsp3) is 0.333. The first-order valence-corrected chi connectivity index (χ1v) is 8.08. The van der Waals surface area contributed by atoms with E-state index >= 15 is 0 Å². The normalized spacial score (nSPS) is 12.4. The van der Waals surface area contributed by atoms with E-state index in [0.717, 1.165) is 34.1 Å². The molecule has 3 heteroatoms. The summed E-state index contributed by atoms with van der Waals surface area (Å²) < 4.78 is 14.6. The van der Waals surface area contributed by atoms with E-state index in [-0.39, 0.29) is 11.9 Å². The zero-order chi connectivity index (χ0) is 15.4. The highest BCUT2D eigenvalue weighted by molar-refractivity contribution is 9.10. The lowest BCUT2D eigenvalue weighted by molar-refractivity contribution is 0.585. The highest BCUT2D eigenvalue weighted by Crippen LogP contribution is 2.32. The van der Waals surface area contributed by atoms with Crippen molar-refractivity contribution in [3.05, 3.63) is 68.9 Å². The molecule has 1 atom stereocenters. The van der Waals surface area contributed by atoms with Gasteiger partial charge in [-0.2, -0.15) is 0 Å². The van der Waals surface area contributed by atoms with Crippen LogP contribution in [-0.4, -0.2) is 6.54 Å². The SMILES string of the molecule is CCCNC(c1ccccc1Br)c1c(C)cc(F)cc1C. The number of hydrogen-bond donors (Lipinski definition) is 1. The van der Waals surface area contributed by atoms with Gasteiger partial charge in [0.05, 0.1) is 6.04 Å². The zero-order valence-electron chi connectivity index (χ0n) is 12.7. The summed E-state index contributed by atoms with van der Waals surface area (Å²) in [5.74, 6) is -0.171. The van der Waals surface area contributed by atoms with Gasteiger partial charge < -0.3 is 5.32 Å². The molecule has 0 heterocycles. The molecule has 2 aromatic carbocycles. The van der Waals surface area contributed by atoms with Crippen LogP contribution in [0.2, 0.25) is 0 Å². The molecule has 0 aliphatic heterocycles. The number of nitrogens with one attached hydrogen (secondary N) is 1. The molecule has 2 rings (SSSR count). The van der Waals surface area contributed by atoms with Crippen molar-refractivity contribution >= 4 is 15.9 Å². The molecule has 0 aromatic heterocycles. The van der Waals surface area contributed by atoms with E-state index < -0.39 is 0 Å². The first-order chi connectivity index (χ1) is 10.0. The van der Waals surface area contributed by atoms with Gasteiger partial charge in [-0.05, 0) is 67.3 Å². The highest BCUT2D eigenvalue weighted by atomic mass is 79.9. The van der Waals surface area contributed by atoms with Crippen LogP contribution in [0.5, 0.6) is 0 Å². The van der Waals surface area contributed by atoms with Crippen molar-refractivity contribution in [3.8, 4) is 0 Å². The molecular formula is C18H21BrFN. The van der Waals surface area contributed by atoms with E-state index in [2.05, 4.69) is 34.2 Å². The number of hydrogen-bond acceptors (Lipinski definition) is 1. The fourth-order valence-corrected chi connectivity index (χ4v) is 3.26. The van der Waals surface area contributed by atoms with Crippen LogP contribution >= 0.6 is 15.9 Å². The van der Waals surface area contributed by atoms with Gasteiger partial charge >= 0.3 is 0 Å². The number of halogens is 2. The van der Waals surface area contributed by atoms with Crippen molar-refractivity contribution in [2.45, 2.75) is 33.2 Å². The molecule has 0 fully saturated rings. The zero-order valence-corrected chi connectivity index (χ0v) is 14.3. The second-order valence-electron chi connectivity index (χ2n) is 5.36. The summed E-state index contributed by atoms with van der Waals surface area (Å²) in [5, 5.41) is 3.59. The minimum Gasteiger partial charge on any atom is -0.306 e. The Morgan fingerprint density at radius 1 is 1.14 bits per heavy atom. The highest BCUT2D eigenvalue weighted by Gasteiger charge is 2.20. The topological polar surface area (TPSA) is 12.0 Å². The van der Waals surface area contributed by atoms with Crippen molar-refractivity contribution in [2.75, 3.05) is 6.54 Å². The van der Waals surface area contributed by atoms with Crippen LogP contribution in [0, 0.1) is 19.7 Å². The monoisotopic (exact) mass is 349 g/mol. The molecule has 0 aliphatic carbocycles. The van der Waals surface area contributed by atoms with Crippen LogP contribution in [0.3, 0.4) is 0 Å². The van der Waals surface area contributed by atoms with Crippen molar-refractivity contribution in [2.24, 2.45) is 0 Å². The molecular weight excluding hydrogens is 329 g/mol. The maximum absolute atomic E-state index is 13.6. The van der Waals surface area contributed by atoms with Gasteiger partial charge in [0.15, 0.2) is 0 Å². The van der Waals surface area contributed by atoms with Crippen LogP contribution < -0.4 is 5.32 Å². The molecule has 112 valence electrons. The summed E-state index contributed by atoms with van der Waals surface area (Å²) >= 11 is 3.64. The van der Waals surface area contributed by atoms with Gasteiger partial charge in [0.25, 0.3) is 0 Å².